The minimum atomic E-state index is -3.40. The molecule has 1 aromatic carbocycles. The van der Waals surface area contributed by atoms with Crippen molar-refractivity contribution in [3.63, 3.8) is 0 Å². The maximum absolute atomic E-state index is 12.5. The van der Waals surface area contributed by atoms with Gasteiger partial charge in [0.25, 0.3) is 0 Å². The fourth-order valence-electron chi connectivity index (χ4n) is 4.20. The van der Waals surface area contributed by atoms with Crippen LogP contribution in [-0.4, -0.2) is 74.3 Å². The van der Waals surface area contributed by atoms with Crippen molar-refractivity contribution in [1.82, 2.24) is 24.6 Å². The van der Waals surface area contributed by atoms with Crippen molar-refractivity contribution in [1.29, 1.82) is 0 Å². The molecule has 4 N–H and O–H groups in total. The first-order chi connectivity index (χ1) is 19.0. The number of rotatable bonds is 11. The van der Waals surface area contributed by atoms with Gasteiger partial charge in [0.05, 0.1) is 19.0 Å². The van der Waals surface area contributed by atoms with Gasteiger partial charge in [0.2, 0.25) is 0 Å². The van der Waals surface area contributed by atoms with Crippen LogP contribution in [0, 0.1) is 12.3 Å². The largest absolute Gasteiger partial charge is 0.462 e. The maximum atomic E-state index is 12.5. The Morgan fingerprint density at radius 1 is 1.32 bits per heavy atom. The predicted molar refractivity (Wildman–Crippen MR) is 149 cm³/mol. The normalized spacial score (nSPS) is 24.9. The molecule has 0 amide bonds. The lowest BCUT2D eigenvalue weighted by molar-refractivity contribution is -0.149. The van der Waals surface area contributed by atoms with Gasteiger partial charge in [0.1, 0.15) is 35.8 Å². The molecule has 40 heavy (non-hydrogen) atoms. The van der Waals surface area contributed by atoms with E-state index in [1.807, 2.05) is 6.07 Å². The van der Waals surface area contributed by atoms with E-state index in [9.17, 15) is 9.90 Å². The average molecular weight is 591 g/mol. The lowest BCUT2D eigenvalue weighted by atomic mass is 9.95. The summed E-state index contributed by atoms with van der Waals surface area (Å²) in [6, 6.07) is 7.93. The highest BCUT2D eigenvalue weighted by molar-refractivity contribution is 8.09. The van der Waals surface area contributed by atoms with Gasteiger partial charge in [0, 0.05) is 7.11 Å². The molecule has 214 valence electrons. The zero-order chi connectivity index (χ0) is 29.1. The van der Waals surface area contributed by atoms with Gasteiger partial charge in [-0.05, 0) is 44.7 Å². The highest BCUT2D eigenvalue weighted by atomic mass is 32.5. The minimum Gasteiger partial charge on any atom is -0.462 e. The van der Waals surface area contributed by atoms with Crippen LogP contribution < -0.4 is 15.3 Å². The Kier molecular flexibility index (Phi) is 9.06. The summed E-state index contributed by atoms with van der Waals surface area (Å²) in [5.41, 5.74) is 4.58. The van der Waals surface area contributed by atoms with Crippen LogP contribution in [0.1, 0.15) is 27.0 Å². The standard InChI is InChI=1S/C25H31N6O7PS/c1-6-25(33)20(34-5)18(37-24(25)31-14-29-19-21(26)27-13-28-22(19)31)12-35-39(40,38-17-10-8-7-9-11-17)30-16(4)23(32)36-15(2)3/h1,7-11,13-16,18,20,24,33H,12H2,2-5H3,(H,30,40)(H2,26,27,28). The molecule has 3 heterocycles. The van der Waals surface area contributed by atoms with E-state index in [-0.39, 0.29) is 18.5 Å². The van der Waals surface area contributed by atoms with E-state index in [1.165, 1.54) is 24.3 Å². The van der Waals surface area contributed by atoms with Crippen LogP contribution in [0.5, 0.6) is 5.75 Å². The summed E-state index contributed by atoms with van der Waals surface area (Å²) in [6.45, 7) is 1.46. The Balaban J connectivity index is 1.60. The number of nitrogens with zero attached hydrogens (tertiary/aromatic N) is 4. The van der Waals surface area contributed by atoms with Crippen molar-refractivity contribution in [2.45, 2.75) is 57.0 Å². The van der Waals surface area contributed by atoms with Gasteiger partial charge in [-0.15, -0.1) is 6.42 Å². The molecule has 2 aromatic heterocycles. The predicted octanol–water partition coefficient (Wildman–Crippen LogP) is 1.93. The van der Waals surface area contributed by atoms with Gasteiger partial charge in [0.15, 0.2) is 23.3 Å². The summed E-state index contributed by atoms with van der Waals surface area (Å²) in [6.07, 6.45) is 4.99. The summed E-state index contributed by atoms with van der Waals surface area (Å²) in [5.74, 6) is 2.46. The van der Waals surface area contributed by atoms with Gasteiger partial charge in [-0.2, -0.15) is 0 Å². The van der Waals surface area contributed by atoms with Crippen molar-refractivity contribution in [2.24, 2.45) is 0 Å². The molecule has 6 unspecified atom stereocenters. The minimum absolute atomic E-state index is 0.157. The van der Waals surface area contributed by atoms with E-state index in [0.717, 1.165) is 0 Å². The lowest BCUT2D eigenvalue weighted by Crippen LogP contribution is -2.47. The number of anilines is 1. The number of nitrogens with two attached hydrogens (primary N) is 1. The summed E-state index contributed by atoms with van der Waals surface area (Å²) in [5, 5.41) is 14.5. The van der Waals surface area contributed by atoms with Crippen molar-refractivity contribution >= 4 is 41.4 Å². The number of ether oxygens (including phenoxy) is 3. The lowest BCUT2D eigenvalue weighted by Gasteiger charge is -2.29. The molecule has 0 radical (unpaired) electrons. The molecule has 0 saturated carbocycles. The highest BCUT2D eigenvalue weighted by Gasteiger charge is 2.57. The van der Waals surface area contributed by atoms with Crippen LogP contribution in [0.4, 0.5) is 5.82 Å². The van der Waals surface area contributed by atoms with Gasteiger partial charge < -0.3 is 34.1 Å². The number of esters is 1. The molecular formula is C25H31N6O7PS. The van der Waals surface area contributed by atoms with E-state index in [4.69, 9.17) is 47.2 Å². The number of hydrogen-bond acceptors (Lipinski definition) is 12. The molecule has 13 nitrogen and oxygen atoms in total. The van der Waals surface area contributed by atoms with Gasteiger partial charge in [-0.25, -0.2) is 20.0 Å². The molecule has 3 aromatic rings. The van der Waals surface area contributed by atoms with Crippen LogP contribution >= 0.6 is 6.64 Å². The molecular weight excluding hydrogens is 559 g/mol. The Bertz CT molecular complexity index is 1430. The van der Waals surface area contributed by atoms with Crippen molar-refractivity contribution in [2.75, 3.05) is 19.5 Å². The Labute approximate surface area is 236 Å². The van der Waals surface area contributed by atoms with E-state index in [0.29, 0.717) is 16.9 Å². The smallest absolute Gasteiger partial charge is 0.323 e. The third-order valence-electron chi connectivity index (χ3n) is 6.01. The SMILES string of the molecule is C#CC1(O)C(OC)C(COP(=S)(NC(C)C(=O)OC(C)C)Oc2ccccc2)OC1n1cnc2c(N)ncnc21. The second-order valence-electron chi connectivity index (χ2n) is 9.27. The number of benzene rings is 1. The number of aliphatic hydroxyl groups is 1. The maximum Gasteiger partial charge on any atom is 0.323 e. The summed E-state index contributed by atoms with van der Waals surface area (Å²) < 4.78 is 30.7. The van der Waals surface area contributed by atoms with Crippen molar-refractivity contribution in [3.05, 3.63) is 43.0 Å². The Morgan fingerprint density at radius 2 is 2.05 bits per heavy atom. The number of methoxy groups -OCH3 is 1. The van der Waals surface area contributed by atoms with Crippen LogP contribution in [0.25, 0.3) is 11.2 Å². The molecule has 1 fully saturated rings. The van der Waals surface area contributed by atoms with Gasteiger partial charge in [-0.3, -0.25) is 9.36 Å². The van der Waals surface area contributed by atoms with Gasteiger partial charge >= 0.3 is 12.6 Å². The van der Waals surface area contributed by atoms with Crippen LogP contribution in [-0.2, 0) is 35.3 Å². The molecule has 15 heteroatoms. The third-order valence-corrected chi connectivity index (χ3v) is 8.51. The topological polar surface area (TPSA) is 165 Å². The number of terminal acetylenes is 1. The second-order valence-corrected chi connectivity index (χ2v) is 12.4. The first-order valence-corrected chi connectivity index (χ1v) is 14.9. The highest BCUT2D eigenvalue weighted by Crippen LogP contribution is 2.48. The number of aromatic nitrogens is 4. The summed E-state index contributed by atoms with van der Waals surface area (Å²) >= 11 is 5.78. The number of carbonyl (C=O) groups is 1. The Hall–Kier alpha value is -3.15. The molecule has 6 atom stereocenters. The molecule has 0 bridgehead atoms. The number of nitrogen functional groups attached to an aromatic ring is 1. The molecule has 1 aliphatic heterocycles. The fraction of sp³-hybridized carbons (Fsp3) is 0.440. The number of para-hydroxylation sites is 1. The molecule has 1 aliphatic rings. The summed E-state index contributed by atoms with van der Waals surface area (Å²) in [4.78, 5) is 24.9. The first kappa shape index (κ1) is 29.8. The van der Waals surface area contributed by atoms with E-state index < -0.39 is 42.7 Å². The molecule has 0 spiro atoms. The Morgan fingerprint density at radius 3 is 2.70 bits per heavy atom. The van der Waals surface area contributed by atoms with Crippen molar-refractivity contribution < 1.29 is 33.2 Å². The van der Waals surface area contributed by atoms with Gasteiger partial charge in [-0.1, -0.05) is 24.1 Å². The quantitative estimate of drug-likeness (QED) is 0.169. The molecule has 1 saturated heterocycles. The van der Waals surface area contributed by atoms with Crippen LogP contribution in [0.2, 0.25) is 0 Å². The fourth-order valence-corrected chi connectivity index (χ4v) is 6.62. The first-order valence-electron chi connectivity index (χ1n) is 12.3. The average Bonchev–Trinajstić information content (AvgIpc) is 3.46. The number of carbonyl (C=O) groups excluding carboxylic acids is 1. The number of fused-ring (bicyclic) bond motifs is 1. The number of hydrogen-bond donors (Lipinski definition) is 3. The van der Waals surface area contributed by atoms with Crippen molar-refractivity contribution in [3.8, 4) is 18.1 Å². The number of nitrogens with one attached hydrogen (secondary N) is 1. The zero-order valence-corrected chi connectivity index (χ0v) is 24.0. The van der Waals surface area contributed by atoms with E-state index in [2.05, 4.69) is 26.0 Å². The number of imidazole rings is 1. The zero-order valence-electron chi connectivity index (χ0n) is 22.3. The molecule has 4 rings (SSSR count). The summed E-state index contributed by atoms with van der Waals surface area (Å²) in [7, 11) is 1.39. The van der Waals surface area contributed by atoms with E-state index in [1.54, 1.807) is 45.0 Å². The molecule has 0 aliphatic carbocycles. The van der Waals surface area contributed by atoms with Crippen LogP contribution in [0.3, 0.4) is 0 Å². The monoisotopic (exact) mass is 590 g/mol. The third kappa shape index (κ3) is 6.11. The van der Waals surface area contributed by atoms with E-state index >= 15 is 0 Å². The van der Waals surface area contributed by atoms with Crippen LogP contribution in [0.15, 0.2) is 43.0 Å². The second kappa shape index (κ2) is 12.2.